The monoisotopic (exact) mass is 448 g/mol. The second kappa shape index (κ2) is 6.43. The normalized spacial score (nSPS) is 11.1. The summed E-state index contributed by atoms with van der Waals surface area (Å²) in [4.78, 5) is 0.345. The largest absolute Gasteiger partial charge is 0.389 e. The molecule has 3 N–H and O–H groups in total. The van der Waals surface area contributed by atoms with Crippen molar-refractivity contribution < 1.29 is 8.42 Å². The summed E-state index contributed by atoms with van der Waals surface area (Å²) in [5.74, 6) is 0. The first-order valence-corrected chi connectivity index (χ1v) is 9.15. The van der Waals surface area contributed by atoms with Crippen molar-refractivity contribution in [3.8, 4) is 0 Å². The number of rotatable bonds is 4. The van der Waals surface area contributed by atoms with Crippen LogP contribution < -0.4 is 10.5 Å². The van der Waals surface area contributed by atoms with E-state index in [1.807, 2.05) is 0 Å². The van der Waals surface area contributed by atoms with Crippen LogP contribution in [-0.2, 0) is 10.0 Å². The average Bonchev–Trinajstić information content (AvgIpc) is 2.41. The van der Waals surface area contributed by atoms with Gasteiger partial charge in [-0.2, -0.15) is 0 Å². The van der Waals surface area contributed by atoms with Crippen LogP contribution in [0.3, 0.4) is 0 Å². The van der Waals surface area contributed by atoms with Gasteiger partial charge >= 0.3 is 0 Å². The molecule has 0 bridgehead atoms. The number of nitrogens with one attached hydrogen (secondary N) is 1. The summed E-state index contributed by atoms with van der Waals surface area (Å²) in [5, 5.41) is 0. The molecular formula is C13H10Br2N2O2S2. The van der Waals surface area contributed by atoms with Crippen molar-refractivity contribution in [1.29, 1.82) is 0 Å². The van der Waals surface area contributed by atoms with Crippen LogP contribution >= 0.6 is 44.1 Å². The average molecular weight is 450 g/mol. The summed E-state index contributed by atoms with van der Waals surface area (Å²) in [5.41, 5.74) is 6.53. The highest BCUT2D eigenvalue weighted by Crippen LogP contribution is 2.27. The highest BCUT2D eigenvalue weighted by molar-refractivity contribution is 9.11. The van der Waals surface area contributed by atoms with Crippen LogP contribution in [0.4, 0.5) is 5.69 Å². The van der Waals surface area contributed by atoms with E-state index in [0.29, 0.717) is 20.2 Å². The van der Waals surface area contributed by atoms with Gasteiger partial charge in [-0.3, -0.25) is 4.72 Å². The Kier molecular flexibility index (Phi) is 5.03. The Balaban J connectivity index is 2.40. The quantitative estimate of drug-likeness (QED) is 0.698. The topological polar surface area (TPSA) is 72.2 Å². The molecular weight excluding hydrogens is 440 g/mol. The molecule has 0 aromatic heterocycles. The Labute approximate surface area is 145 Å². The number of benzene rings is 2. The van der Waals surface area contributed by atoms with Gasteiger partial charge in [0.05, 0.1) is 0 Å². The van der Waals surface area contributed by atoms with Gasteiger partial charge in [0.2, 0.25) is 0 Å². The maximum atomic E-state index is 12.4. The first-order chi connectivity index (χ1) is 9.79. The molecule has 8 heteroatoms. The molecule has 0 aliphatic rings. The van der Waals surface area contributed by atoms with E-state index in [4.69, 9.17) is 18.0 Å². The third kappa shape index (κ3) is 4.03. The van der Waals surface area contributed by atoms with Crippen LogP contribution in [0.15, 0.2) is 56.3 Å². The van der Waals surface area contributed by atoms with Gasteiger partial charge in [0, 0.05) is 20.2 Å². The molecule has 0 heterocycles. The molecule has 0 saturated carbocycles. The zero-order chi connectivity index (χ0) is 15.6. The molecule has 0 fully saturated rings. The Hall–Kier alpha value is -0.960. The highest BCUT2D eigenvalue weighted by Gasteiger charge is 2.18. The number of hydrogen-bond acceptors (Lipinski definition) is 3. The molecule has 0 atom stereocenters. The smallest absolute Gasteiger partial charge is 0.263 e. The molecule has 110 valence electrons. The van der Waals surface area contributed by atoms with Crippen molar-refractivity contribution in [2.75, 3.05) is 4.72 Å². The van der Waals surface area contributed by atoms with E-state index in [1.54, 1.807) is 36.4 Å². The van der Waals surface area contributed by atoms with E-state index >= 15 is 0 Å². The van der Waals surface area contributed by atoms with Crippen molar-refractivity contribution in [2.45, 2.75) is 4.90 Å². The van der Waals surface area contributed by atoms with Crippen LogP contribution in [0, 0.1) is 0 Å². The molecule has 2 aromatic rings. The van der Waals surface area contributed by atoms with Crippen molar-refractivity contribution >= 4 is 64.8 Å². The molecule has 0 amide bonds. The molecule has 0 radical (unpaired) electrons. The fourth-order valence-electron chi connectivity index (χ4n) is 1.63. The van der Waals surface area contributed by atoms with Crippen molar-refractivity contribution in [2.24, 2.45) is 5.73 Å². The SMILES string of the molecule is NC(=S)c1cccc(NS(=O)(=O)c2cc(Br)ccc2Br)c1. The second-order valence-electron chi connectivity index (χ2n) is 4.13. The van der Waals surface area contributed by atoms with Crippen LogP contribution in [0.5, 0.6) is 0 Å². The van der Waals surface area contributed by atoms with E-state index in [2.05, 4.69) is 36.6 Å². The predicted octanol–water partition coefficient (Wildman–Crippen LogP) is 3.65. The van der Waals surface area contributed by atoms with Gasteiger partial charge in [-0.15, -0.1) is 0 Å². The van der Waals surface area contributed by atoms with Crippen LogP contribution in [0.1, 0.15) is 5.56 Å². The van der Waals surface area contributed by atoms with E-state index in [1.165, 1.54) is 6.07 Å². The van der Waals surface area contributed by atoms with Crippen LogP contribution in [0.25, 0.3) is 0 Å². The fraction of sp³-hybridized carbons (Fsp3) is 0. The van der Waals surface area contributed by atoms with Crippen LogP contribution in [-0.4, -0.2) is 13.4 Å². The first kappa shape index (κ1) is 16.4. The standard InChI is InChI=1S/C13H10Br2N2O2S2/c14-9-4-5-11(15)12(7-9)21(18,19)17-10-3-1-2-8(6-10)13(16)20/h1-7,17H,(H2,16,20). The summed E-state index contributed by atoms with van der Waals surface area (Å²) >= 11 is 11.4. The van der Waals surface area contributed by atoms with E-state index in [0.717, 1.165) is 0 Å². The number of anilines is 1. The molecule has 0 aliphatic heterocycles. The second-order valence-corrected chi connectivity index (χ2v) is 7.99. The van der Waals surface area contributed by atoms with Gasteiger partial charge in [-0.25, -0.2) is 8.42 Å². The summed E-state index contributed by atoms with van der Waals surface area (Å²) in [6.07, 6.45) is 0. The summed E-state index contributed by atoms with van der Waals surface area (Å²) < 4.78 is 28.5. The van der Waals surface area contributed by atoms with Gasteiger partial charge in [0.25, 0.3) is 10.0 Å². The number of halogens is 2. The molecule has 0 unspecified atom stereocenters. The number of nitrogens with two attached hydrogens (primary N) is 1. The van der Waals surface area contributed by atoms with Crippen molar-refractivity contribution in [1.82, 2.24) is 0 Å². The number of thiocarbonyl (C=S) groups is 1. The highest BCUT2D eigenvalue weighted by atomic mass is 79.9. The molecule has 4 nitrogen and oxygen atoms in total. The van der Waals surface area contributed by atoms with Gasteiger partial charge < -0.3 is 5.73 Å². The minimum atomic E-state index is -3.72. The lowest BCUT2D eigenvalue weighted by molar-refractivity contribution is 0.600. The van der Waals surface area contributed by atoms with Crippen molar-refractivity contribution in [3.05, 3.63) is 57.0 Å². The Bertz CT molecular complexity index is 808. The molecule has 0 aliphatic carbocycles. The van der Waals surface area contributed by atoms with Gasteiger partial charge in [-0.1, -0.05) is 40.3 Å². The third-order valence-corrected chi connectivity index (χ3v) is 5.69. The van der Waals surface area contributed by atoms with Gasteiger partial charge in [0.15, 0.2) is 0 Å². The molecule has 2 rings (SSSR count). The lowest BCUT2D eigenvalue weighted by Gasteiger charge is -2.11. The molecule has 0 saturated heterocycles. The molecule has 21 heavy (non-hydrogen) atoms. The fourth-order valence-corrected chi connectivity index (χ4v) is 4.31. The predicted molar refractivity (Wildman–Crippen MR) is 95.0 cm³/mol. The zero-order valence-corrected chi connectivity index (χ0v) is 15.3. The third-order valence-electron chi connectivity index (χ3n) is 2.58. The molecule has 2 aromatic carbocycles. The first-order valence-electron chi connectivity index (χ1n) is 5.67. The molecule has 0 spiro atoms. The lowest BCUT2D eigenvalue weighted by Crippen LogP contribution is -2.15. The Morgan fingerprint density at radius 1 is 1.14 bits per heavy atom. The summed E-state index contributed by atoms with van der Waals surface area (Å²) in [6, 6.07) is 11.5. The maximum absolute atomic E-state index is 12.4. The zero-order valence-electron chi connectivity index (χ0n) is 10.5. The minimum absolute atomic E-state index is 0.137. The number of hydrogen-bond donors (Lipinski definition) is 2. The lowest BCUT2D eigenvalue weighted by atomic mass is 10.2. The van der Waals surface area contributed by atoms with E-state index < -0.39 is 10.0 Å². The van der Waals surface area contributed by atoms with E-state index in [-0.39, 0.29) is 9.88 Å². The minimum Gasteiger partial charge on any atom is -0.389 e. The van der Waals surface area contributed by atoms with Crippen LogP contribution in [0.2, 0.25) is 0 Å². The summed E-state index contributed by atoms with van der Waals surface area (Å²) in [7, 11) is -3.72. The summed E-state index contributed by atoms with van der Waals surface area (Å²) in [6.45, 7) is 0. The number of sulfonamides is 1. The van der Waals surface area contributed by atoms with E-state index in [9.17, 15) is 8.42 Å². The maximum Gasteiger partial charge on any atom is 0.263 e. The van der Waals surface area contributed by atoms with Gasteiger partial charge in [-0.05, 0) is 46.3 Å². The Morgan fingerprint density at radius 2 is 1.86 bits per heavy atom. The van der Waals surface area contributed by atoms with Crippen molar-refractivity contribution in [3.63, 3.8) is 0 Å². The Morgan fingerprint density at radius 3 is 2.52 bits per heavy atom. The van der Waals surface area contributed by atoms with Gasteiger partial charge in [0.1, 0.15) is 9.88 Å².